The Morgan fingerprint density at radius 3 is 2.67 bits per heavy atom. The molecule has 1 aliphatic heterocycles. The summed E-state index contributed by atoms with van der Waals surface area (Å²) in [6.45, 7) is 0.842. The Balaban J connectivity index is 2.20. The average Bonchev–Trinajstić information content (AvgIpc) is 2.30. The molecule has 1 unspecified atom stereocenters. The lowest BCUT2D eigenvalue weighted by Gasteiger charge is -2.33. The quantitative estimate of drug-likeness (QED) is 0.751. The summed E-state index contributed by atoms with van der Waals surface area (Å²) in [6, 6.07) is 7.32. The van der Waals surface area contributed by atoms with Crippen LogP contribution in [-0.4, -0.2) is 23.0 Å². The van der Waals surface area contributed by atoms with Gasteiger partial charge in [-0.25, -0.2) is 0 Å². The van der Waals surface area contributed by atoms with Crippen LogP contribution in [0, 0.1) is 0 Å². The van der Waals surface area contributed by atoms with Gasteiger partial charge in [0, 0.05) is 6.54 Å². The van der Waals surface area contributed by atoms with E-state index in [1.54, 1.807) is 12.1 Å². The molecule has 0 saturated carbocycles. The van der Waals surface area contributed by atoms with E-state index in [0.717, 1.165) is 37.8 Å². The number of likely N-dealkylation sites (tertiary alicyclic amines) is 1. The molecule has 1 amide bonds. The topological polar surface area (TPSA) is 40.5 Å². The molecule has 1 heterocycles. The number of aromatic hydroxyl groups is 1. The van der Waals surface area contributed by atoms with Crippen molar-refractivity contribution in [2.24, 2.45) is 0 Å². The van der Waals surface area contributed by atoms with E-state index in [0.29, 0.717) is 0 Å². The highest BCUT2D eigenvalue weighted by atomic mass is 16.3. The zero-order chi connectivity index (χ0) is 10.7. The molecule has 0 bridgehead atoms. The van der Waals surface area contributed by atoms with Gasteiger partial charge in [0.25, 0.3) is 0 Å². The molecule has 1 aromatic carbocycles. The molecule has 80 valence electrons. The van der Waals surface area contributed by atoms with Crippen molar-refractivity contribution in [1.29, 1.82) is 0 Å². The van der Waals surface area contributed by atoms with Crippen LogP contribution in [0.3, 0.4) is 0 Å². The van der Waals surface area contributed by atoms with Crippen LogP contribution in [0.25, 0.3) is 0 Å². The van der Waals surface area contributed by atoms with Crippen LogP contribution in [-0.2, 0) is 4.79 Å². The van der Waals surface area contributed by atoms with Crippen LogP contribution >= 0.6 is 0 Å². The monoisotopic (exact) mass is 205 g/mol. The second-order valence-electron chi connectivity index (χ2n) is 3.95. The first-order chi connectivity index (χ1) is 7.31. The number of benzene rings is 1. The summed E-state index contributed by atoms with van der Waals surface area (Å²) in [4.78, 5) is 12.7. The van der Waals surface area contributed by atoms with Crippen molar-refractivity contribution >= 4 is 6.41 Å². The summed E-state index contributed by atoms with van der Waals surface area (Å²) in [7, 11) is 0. The Morgan fingerprint density at radius 1 is 1.27 bits per heavy atom. The first-order valence-corrected chi connectivity index (χ1v) is 5.31. The van der Waals surface area contributed by atoms with Gasteiger partial charge in [-0.05, 0) is 37.0 Å². The summed E-state index contributed by atoms with van der Waals surface area (Å²) >= 11 is 0. The first kappa shape index (κ1) is 10.0. The summed E-state index contributed by atoms with van der Waals surface area (Å²) in [5.41, 5.74) is 1.11. The van der Waals surface area contributed by atoms with E-state index < -0.39 is 0 Å². The third-order valence-electron chi connectivity index (χ3n) is 2.96. The molecule has 1 fully saturated rings. The number of hydrogen-bond donors (Lipinski definition) is 1. The Labute approximate surface area is 89.3 Å². The van der Waals surface area contributed by atoms with E-state index in [1.807, 2.05) is 17.0 Å². The van der Waals surface area contributed by atoms with Crippen LogP contribution in [0.5, 0.6) is 5.75 Å². The number of carbonyl (C=O) groups excluding carboxylic acids is 1. The van der Waals surface area contributed by atoms with Crippen molar-refractivity contribution in [3.8, 4) is 5.75 Å². The van der Waals surface area contributed by atoms with Crippen LogP contribution in [0.1, 0.15) is 30.9 Å². The van der Waals surface area contributed by atoms with E-state index in [2.05, 4.69) is 0 Å². The lowest BCUT2D eigenvalue weighted by molar-refractivity contribution is -0.121. The van der Waals surface area contributed by atoms with Gasteiger partial charge in [-0.3, -0.25) is 4.79 Å². The maximum Gasteiger partial charge on any atom is 0.210 e. The molecule has 1 atom stereocenters. The molecule has 1 aliphatic rings. The fraction of sp³-hybridized carbons (Fsp3) is 0.417. The number of phenols is 1. The van der Waals surface area contributed by atoms with E-state index in [4.69, 9.17) is 0 Å². The molecule has 3 nitrogen and oxygen atoms in total. The number of piperidine rings is 1. The van der Waals surface area contributed by atoms with Crippen molar-refractivity contribution in [1.82, 2.24) is 4.90 Å². The highest BCUT2D eigenvalue weighted by Gasteiger charge is 2.22. The molecule has 3 heteroatoms. The molecule has 0 aromatic heterocycles. The lowest BCUT2D eigenvalue weighted by atomic mass is 9.96. The summed E-state index contributed by atoms with van der Waals surface area (Å²) in [6.07, 6.45) is 4.20. The third kappa shape index (κ3) is 2.12. The first-order valence-electron chi connectivity index (χ1n) is 5.31. The number of amides is 1. The minimum absolute atomic E-state index is 0.192. The number of hydrogen-bond acceptors (Lipinski definition) is 2. The zero-order valence-corrected chi connectivity index (χ0v) is 8.60. The Kier molecular flexibility index (Phi) is 2.90. The van der Waals surface area contributed by atoms with Gasteiger partial charge in [-0.1, -0.05) is 12.1 Å². The van der Waals surface area contributed by atoms with Gasteiger partial charge < -0.3 is 10.0 Å². The van der Waals surface area contributed by atoms with Gasteiger partial charge in [-0.2, -0.15) is 0 Å². The number of phenolic OH excluding ortho intramolecular Hbond substituents is 1. The highest BCUT2D eigenvalue weighted by Crippen LogP contribution is 2.30. The van der Waals surface area contributed by atoms with Gasteiger partial charge in [0.05, 0.1) is 6.04 Å². The maximum absolute atomic E-state index is 10.9. The molecule has 1 N–H and O–H groups in total. The number of rotatable bonds is 2. The Bertz CT molecular complexity index is 334. The second kappa shape index (κ2) is 4.34. The predicted molar refractivity (Wildman–Crippen MR) is 57.5 cm³/mol. The number of nitrogens with zero attached hydrogens (tertiary/aromatic N) is 1. The molecular formula is C12H15NO2. The molecule has 1 saturated heterocycles. The predicted octanol–water partition coefficient (Wildman–Crippen LogP) is 2.08. The van der Waals surface area contributed by atoms with Crippen molar-refractivity contribution in [3.63, 3.8) is 0 Å². The van der Waals surface area contributed by atoms with Crippen molar-refractivity contribution in [3.05, 3.63) is 29.8 Å². The van der Waals surface area contributed by atoms with E-state index in [9.17, 15) is 9.90 Å². The fourth-order valence-electron chi connectivity index (χ4n) is 2.13. The smallest absolute Gasteiger partial charge is 0.210 e. The summed E-state index contributed by atoms with van der Waals surface area (Å²) < 4.78 is 0. The van der Waals surface area contributed by atoms with Crippen molar-refractivity contribution in [2.75, 3.05) is 6.54 Å². The van der Waals surface area contributed by atoms with Crippen molar-refractivity contribution in [2.45, 2.75) is 25.3 Å². The Morgan fingerprint density at radius 2 is 2.00 bits per heavy atom. The molecule has 0 aliphatic carbocycles. The summed E-state index contributed by atoms with van der Waals surface area (Å²) in [5.74, 6) is 0.271. The molecule has 15 heavy (non-hydrogen) atoms. The molecule has 2 rings (SSSR count). The van der Waals surface area contributed by atoms with Gasteiger partial charge in [0.1, 0.15) is 5.75 Å². The van der Waals surface area contributed by atoms with E-state index in [-0.39, 0.29) is 11.8 Å². The molecular weight excluding hydrogens is 190 g/mol. The van der Waals surface area contributed by atoms with Gasteiger partial charge >= 0.3 is 0 Å². The second-order valence-corrected chi connectivity index (χ2v) is 3.95. The highest BCUT2D eigenvalue weighted by molar-refractivity contribution is 5.49. The largest absolute Gasteiger partial charge is 0.508 e. The van der Waals surface area contributed by atoms with Crippen LogP contribution < -0.4 is 0 Å². The number of carbonyl (C=O) groups is 1. The lowest BCUT2D eigenvalue weighted by Crippen LogP contribution is -2.31. The van der Waals surface area contributed by atoms with Gasteiger partial charge in [0.2, 0.25) is 6.41 Å². The third-order valence-corrected chi connectivity index (χ3v) is 2.96. The molecule has 0 spiro atoms. The maximum atomic E-state index is 10.9. The summed E-state index contributed by atoms with van der Waals surface area (Å²) in [5, 5.41) is 9.19. The normalized spacial score (nSPS) is 21.3. The van der Waals surface area contributed by atoms with Crippen LogP contribution in [0.15, 0.2) is 24.3 Å². The molecule has 1 aromatic rings. The standard InChI is InChI=1S/C12H15NO2/c14-9-13-8-2-1-3-12(13)10-4-6-11(15)7-5-10/h4-7,9,12,15H,1-3,8H2. The van der Waals surface area contributed by atoms with Gasteiger partial charge in [-0.15, -0.1) is 0 Å². The van der Waals surface area contributed by atoms with Crippen LogP contribution in [0.2, 0.25) is 0 Å². The van der Waals surface area contributed by atoms with E-state index in [1.165, 1.54) is 0 Å². The minimum Gasteiger partial charge on any atom is -0.508 e. The minimum atomic E-state index is 0.192. The van der Waals surface area contributed by atoms with Crippen LogP contribution in [0.4, 0.5) is 0 Å². The van der Waals surface area contributed by atoms with E-state index >= 15 is 0 Å². The fourth-order valence-corrected chi connectivity index (χ4v) is 2.13. The molecule has 0 radical (unpaired) electrons. The van der Waals surface area contributed by atoms with Crippen molar-refractivity contribution < 1.29 is 9.90 Å². The SMILES string of the molecule is O=CN1CCCCC1c1ccc(O)cc1. The van der Waals surface area contributed by atoms with Gasteiger partial charge in [0.15, 0.2) is 0 Å². The zero-order valence-electron chi connectivity index (χ0n) is 8.60. The average molecular weight is 205 g/mol. The Hall–Kier alpha value is -1.51.